The van der Waals surface area contributed by atoms with Crippen LogP contribution in [0.25, 0.3) is 0 Å². The van der Waals surface area contributed by atoms with Gasteiger partial charge in [-0.05, 0) is 24.8 Å². The Hall–Kier alpha value is -1.68. The van der Waals surface area contributed by atoms with Gasteiger partial charge < -0.3 is 5.11 Å². The van der Waals surface area contributed by atoms with Crippen molar-refractivity contribution in [3.8, 4) is 0 Å². The van der Waals surface area contributed by atoms with Gasteiger partial charge in [0, 0.05) is 0 Å². The molecular weight excluding hydrogens is 252 g/mol. The maximum atomic E-state index is 12.0. The van der Waals surface area contributed by atoms with Crippen LogP contribution in [0, 0.1) is 0 Å². The predicted molar refractivity (Wildman–Crippen MR) is 81.6 cm³/mol. The molecule has 0 aromatic heterocycles. The zero-order valence-electron chi connectivity index (χ0n) is 12.5. The van der Waals surface area contributed by atoms with Crippen molar-refractivity contribution in [1.82, 2.24) is 5.43 Å². The molecule has 0 aliphatic rings. The molecule has 1 aromatic carbocycles. The summed E-state index contributed by atoms with van der Waals surface area (Å²) >= 11 is 0. The zero-order chi connectivity index (χ0) is 15.0. The van der Waals surface area contributed by atoms with Gasteiger partial charge >= 0.3 is 0 Å². The van der Waals surface area contributed by atoms with E-state index in [0.717, 1.165) is 24.1 Å². The first-order chi connectivity index (χ1) is 9.57. The summed E-state index contributed by atoms with van der Waals surface area (Å²) in [7, 11) is 0. The zero-order valence-corrected chi connectivity index (χ0v) is 12.5. The van der Waals surface area contributed by atoms with E-state index in [2.05, 4.69) is 17.5 Å². The summed E-state index contributed by atoms with van der Waals surface area (Å²) in [6, 6.07) is 9.76. The molecule has 0 aliphatic heterocycles. The van der Waals surface area contributed by atoms with Crippen LogP contribution in [0.1, 0.15) is 52.0 Å². The fourth-order valence-electron chi connectivity index (χ4n) is 1.93. The maximum absolute atomic E-state index is 12.0. The molecule has 0 spiro atoms. The summed E-state index contributed by atoms with van der Waals surface area (Å²) in [6.45, 7) is 5.64. The summed E-state index contributed by atoms with van der Waals surface area (Å²) in [4.78, 5) is 12.0. The highest BCUT2D eigenvalue weighted by Gasteiger charge is 2.31. The lowest BCUT2D eigenvalue weighted by Gasteiger charge is -2.22. The second-order valence-corrected chi connectivity index (χ2v) is 4.85. The molecule has 110 valence electrons. The topological polar surface area (TPSA) is 61.7 Å². The molecule has 1 amide bonds. The third-order valence-corrected chi connectivity index (χ3v) is 3.48. The number of hydrogen-bond donors (Lipinski definition) is 2. The van der Waals surface area contributed by atoms with E-state index in [1.54, 1.807) is 13.8 Å². The van der Waals surface area contributed by atoms with E-state index in [9.17, 15) is 9.90 Å². The molecule has 2 N–H and O–H groups in total. The predicted octanol–water partition coefficient (Wildman–Crippen LogP) is 2.86. The second kappa shape index (κ2) is 7.80. The molecule has 0 radical (unpaired) electrons. The van der Waals surface area contributed by atoms with Crippen LogP contribution < -0.4 is 5.43 Å². The number of rotatable bonds is 7. The number of hydrazone groups is 1. The summed E-state index contributed by atoms with van der Waals surface area (Å²) in [6.07, 6.45) is 2.47. The Labute approximate surface area is 120 Å². The molecule has 0 saturated heterocycles. The lowest BCUT2D eigenvalue weighted by Crippen LogP contribution is -2.44. The summed E-state index contributed by atoms with van der Waals surface area (Å²) in [5.41, 5.74) is 2.99. The fourth-order valence-corrected chi connectivity index (χ4v) is 1.93. The van der Waals surface area contributed by atoms with Crippen LogP contribution >= 0.6 is 0 Å². The Balaban J connectivity index is 2.86. The minimum Gasteiger partial charge on any atom is -0.380 e. The number of nitrogens with one attached hydrogen (secondary N) is 1. The molecule has 0 unspecified atom stereocenters. The van der Waals surface area contributed by atoms with Crippen molar-refractivity contribution in [3.05, 3.63) is 35.9 Å². The quantitative estimate of drug-likeness (QED) is 0.594. The largest absolute Gasteiger partial charge is 0.380 e. The van der Waals surface area contributed by atoms with Gasteiger partial charge in [-0.2, -0.15) is 5.10 Å². The summed E-state index contributed by atoms with van der Waals surface area (Å²) in [5.74, 6) is -0.438. The highest BCUT2D eigenvalue weighted by molar-refractivity contribution is 6.01. The van der Waals surface area contributed by atoms with Crippen LogP contribution in [0.3, 0.4) is 0 Å². The van der Waals surface area contributed by atoms with Gasteiger partial charge in [-0.1, -0.05) is 57.5 Å². The van der Waals surface area contributed by atoms with E-state index in [0.29, 0.717) is 12.8 Å². The Morgan fingerprint density at radius 3 is 2.30 bits per heavy atom. The molecular formula is C16H24N2O2. The molecule has 1 rings (SSSR count). The Morgan fingerprint density at radius 1 is 1.20 bits per heavy atom. The van der Waals surface area contributed by atoms with E-state index in [1.807, 2.05) is 30.3 Å². The molecule has 4 nitrogen and oxygen atoms in total. The van der Waals surface area contributed by atoms with E-state index >= 15 is 0 Å². The van der Waals surface area contributed by atoms with Gasteiger partial charge in [0.25, 0.3) is 5.91 Å². The van der Waals surface area contributed by atoms with Crippen LogP contribution in [0.15, 0.2) is 35.4 Å². The van der Waals surface area contributed by atoms with Crippen molar-refractivity contribution in [2.45, 2.75) is 52.1 Å². The van der Waals surface area contributed by atoms with Gasteiger partial charge in [-0.25, -0.2) is 5.43 Å². The molecule has 20 heavy (non-hydrogen) atoms. The third-order valence-electron chi connectivity index (χ3n) is 3.48. The van der Waals surface area contributed by atoms with Crippen molar-refractivity contribution in [2.24, 2.45) is 5.10 Å². The molecule has 0 fully saturated rings. The lowest BCUT2D eigenvalue weighted by atomic mass is 9.97. The smallest absolute Gasteiger partial charge is 0.271 e. The lowest BCUT2D eigenvalue weighted by molar-refractivity contribution is -0.140. The average molecular weight is 276 g/mol. The van der Waals surface area contributed by atoms with Crippen LogP contribution in [0.2, 0.25) is 0 Å². The fraction of sp³-hybridized carbons (Fsp3) is 0.500. The normalized spacial score (nSPS) is 12.3. The number of amides is 1. The molecule has 0 bridgehead atoms. The second-order valence-electron chi connectivity index (χ2n) is 4.85. The minimum atomic E-state index is -1.34. The van der Waals surface area contributed by atoms with Crippen molar-refractivity contribution in [1.29, 1.82) is 0 Å². The van der Waals surface area contributed by atoms with E-state index in [-0.39, 0.29) is 0 Å². The number of nitrogens with zero attached hydrogens (tertiary/aromatic N) is 1. The van der Waals surface area contributed by atoms with E-state index in [4.69, 9.17) is 0 Å². The average Bonchev–Trinajstić information content (AvgIpc) is 2.51. The first kappa shape index (κ1) is 16.4. The van der Waals surface area contributed by atoms with E-state index < -0.39 is 11.5 Å². The highest BCUT2D eigenvalue weighted by Crippen LogP contribution is 2.14. The number of aliphatic hydroxyl groups is 1. The van der Waals surface area contributed by atoms with Crippen LogP contribution in [0.5, 0.6) is 0 Å². The van der Waals surface area contributed by atoms with E-state index in [1.165, 1.54) is 0 Å². The van der Waals surface area contributed by atoms with Gasteiger partial charge in [0.1, 0.15) is 5.60 Å². The van der Waals surface area contributed by atoms with Gasteiger partial charge in [-0.3, -0.25) is 4.79 Å². The Morgan fingerprint density at radius 2 is 1.80 bits per heavy atom. The van der Waals surface area contributed by atoms with Crippen LogP contribution in [-0.4, -0.2) is 22.3 Å². The molecule has 0 saturated carbocycles. The first-order valence-corrected chi connectivity index (χ1v) is 7.22. The van der Waals surface area contributed by atoms with Gasteiger partial charge in [0.2, 0.25) is 0 Å². The third kappa shape index (κ3) is 4.17. The van der Waals surface area contributed by atoms with Crippen molar-refractivity contribution < 1.29 is 9.90 Å². The highest BCUT2D eigenvalue weighted by atomic mass is 16.3. The van der Waals surface area contributed by atoms with Crippen LogP contribution in [-0.2, 0) is 4.79 Å². The number of carbonyl (C=O) groups excluding carboxylic acids is 1. The van der Waals surface area contributed by atoms with Crippen molar-refractivity contribution in [2.75, 3.05) is 0 Å². The van der Waals surface area contributed by atoms with Crippen LogP contribution in [0.4, 0.5) is 0 Å². The number of carbonyl (C=O) groups is 1. The standard InChI is InChI=1S/C16H24N2O2/c1-4-10-14(13-11-8-7-9-12-13)17-18-15(19)16(20,5-2)6-3/h7-9,11-12,20H,4-6,10H2,1-3H3,(H,18,19)/b17-14+. The van der Waals surface area contributed by atoms with Gasteiger partial charge in [0.05, 0.1) is 5.71 Å². The molecule has 0 heterocycles. The van der Waals surface area contributed by atoms with Crippen molar-refractivity contribution >= 4 is 11.6 Å². The molecule has 1 aromatic rings. The van der Waals surface area contributed by atoms with Crippen molar-refractivity contribution in [3.63, 3.8) is 0 Å². The Kier molecular flexibility index (Phi) is 6.39. The minimum absolute atomic E-state index is 0.374. The van der Waals surface area contributed by atoms with Gasteiger partial charge in [0.15, 0.2) is 0 Å². The maximum Gasteiger partial charge on any atom is 0.271 e. The number of benzene rings is 1. The Bertz CT molecular complexity index is 451. The SMILES string of the molecule is CCC/C(=N\NC(=O)C(O)(CC)CC)c1ccccc1. The van der Waals surface area contributed by atoms with Gasteiger partial charge in [-0.15, -0.1) is 0 Å². The number of hydrogen-bond acceptors (Lipinski definition) is 3. The molecule has 4 heteroatoms. The molecule has 0 aliphatic carbocycles. The monoisotopic (exact) mass is 276 g/mol. The summed E-state index contributed by atoms with van der Waals surface area (Å²) < 4.78 is 0. The molecule has 0 atom stereocenters. The summed E-state index contributed by atoms with van der Waals surface area (Å²) in [5, 5.41) is 14.3. The first-order valence-electron chi connectivity index (χ1n) is 7.22.